The lowest BCUT2D eigenvalue weighted by Crippen LogP contribution is -2.59. The molecule has 0 radical (unpaired) electrons. The van der Waals surface area contributed by atoms with E-state index in [1.807, 2.05) is 6.92 Å². The molecule has 15 nitrogen and oxygen atoms in total. The number of carbonyl (C=O) groups excluding carboxylic acids is 1. The van der Waals surface area contributed by atoms with E-state index in [4.69, 9.17) is 18.4 Å². The number of carboxylic acid groups (broad SMARTS) is 1. The Kier molecular flexibility index (Phi) is 11.4. The largest absolute Gasteiger partial charge is 0.481 e. The predicted octanol–water partition coefficient (Wildman–Crippen LogP) is 2.16. The highest BCUT2D eigenvalue weighted by molar-refractivity contribution is 7.81. The predicted molar refractivity (Wildman–Crippen MR) is 154 cm³/mol. The van der Waals surface area contributed by atoms with Crippen LogP contribution >= 0.6 is 0 Å². The van der Waals surface area contributed by atoms with Crippen LogP contribution in [0.4, 0.5) is 0 Å². The molecule has 1 aliphatic heterocycles. The van der Waals surface area contributed by atoms with E-state index in [2.05, 4.69) is 10.8 Å². The molecule has 258 valence electrons. The first-order valence-electron chi connectivity index (χ1n) is 15.2. The molecule has 0 aromatic carbocycles. The van der Waals surface area contributed by atoms with Gasteiger partial charge in [-0.2, -0.15) is 16.8 Å². The second-order valence-electron chi connectivity index (χ2n) is 13.2. The third-order valence-electron chi connectivity index (χ3n) is 9.75. The summed E-state index contributed by atoms with van der Waals surface area (Å²) in [6.07, 6.45) is -5.76. The van der Waals surface area contributed by atoms with Gasteiger partial charge in [0.2, 0.25) is 0 Å². The van der Waals surface area contributed by atoms with Gasteiger partial charge in [-0.25, -0.2) is 8.37 Å². The number of carbonyl (C=O) groups is 2. The number of aliphatic hydroxyl groups is 1. The topological polar surface area (TPSA) is 229 Å². The zero-order valence-corrected chi connectivity index (χ0v) is 27.1. The Labute approximate surface area is 263 Å². The highest BCUT2D eigenvalue weighted by atomic mass is 32.3. The summed E-state index contributed by atoms with van der Waals surface area (Å²) in [6.45, 7) is 8.82. The molecule has 4 fully saturated rings. The maximum absolute atomic E-state index is 12.7. The number of ether oxygens (including phenoxy) is 3. The van der Waals surface area contributed by atoms with Crippen molar-refractivity contribution in [3.05, 3.63) is 12.2 Å². The van der Waals surface area contributed by atoms with Gasteiger partial charge in [-0.05, 0) is 79.6 Å². The van der Waals surface area contributed by atoms with Crippen molar-refractivity contribution in [2.45, 2.75) is 103 Å². The van der Waals surface area contributed by atoms with Gasteiger partial charge >= 0.3 is 32.7 Å². The van der Waals surface area contributed by atoms with Crippen molar-refractivity contribution >= 4 is 32.7 Å². The van der Waals surface area contributed by atoms with E-state index < -0.39 is 82.1 Å². The lowest BCUT2D eigenvalue weighted by Gasteiger charge is -2.51. The Balaban J connectivity index is 1.64. The van der Waals surface area contributed by atoms with E-state index in [0.717, 1.165) is 18.4 Å². The maximum atomic E-state index is 12.7. The van der Waals surface area contributed by atoms with E-state index in [1.54, 1.807) is 13.8 Å². The average molecular weight is 685 g/mol. The minimum atomic E-state index is -5.29. The van der Waals surface area contributed by atoms with Gasteiger partial charge in [0.15, 0.2) is 18.5 Å². The molecule has 45 heavy (non-hydrogen) atoms. The molecular formula is C28H44O15S2. The molecule has 1 heterocycles. The van der Waals surface area contributed by atoms with Crippen LogP contribution in [0.3, 0.4) is 0 Å². The van der Waals surface area contributed by atoms with Gasteiger partial charge in [0, 0.05) is 6.42 Å². The minimum absolute atomic E-state index is 0.0104. The number of aliphatic carboxylic acids is 1. The molecular weight excluding hydrogens is 640 g/mol. The van der Waals surface area contributed by atoms with Crippen LogP contribution in [-0.4, -0.2) is 91.5 Å². The van der Waals surface area contributed by atoms with Crippen molar-refractivity contribution in [2.24, 2.45) is 41.4 Å². The number of rotatable bonds is 10. The first-order valence-corrected chi connectivity index (χ1v) is 17.9. The van der Waals surface area contributed by atoms with Crippen molar-refractivity contribution in [1.82, 2.24) is 0 Å². The number of hydrogen-bond donors (Lipinski definition) is 4. The maximum Gasteiger partial charge on any atom is 0.397 e. The molecule has 0 aromatic heterocycles. The highest BCUT2D eigenvalue weighted by Gasteiger charge is 2.54. The molecule has 0 bridgehead atoms. The lowest BCUT2D eigenvalue weighted by atomic mass is 9.56. The number of hydrogen-bond acceptors (Lipinski definition) is 12. The molecule has 4 rings (SSSR count). The molecule has 3 saturated carbocycles. The van der Waals surface area contributed by atoms with Gasteiger partial charge in [0.25, 0.3) is 0 Å². The van der Waals surface area contributed by atoms with Gasteiger partial charge in [-0.1, -0.05) is 27.4 Å². The van der Waals surface area contributed by atoms with Crippen LogP contribution in [-0.2, 0) is 53.0 Å². The summed E-state index contributed by atoms with van der Waals surface area (Å²) in [4.78, 5) is 25.3. The van der Waals surface area contributed by atoms with Gasteiger partial charge < -0.3 is 24.4 Å². The first kappa shape index (κ1) is 36.1. The number of fused-ring (bicyclic) bond motifs is 3. The molecule has 3 aliphatic carbocycles. The zero-order valence-electron chi connectivity index (χ0n) is 25.5. The van der Waals surface area contributed by atoms with Crippen LogP contribution in [0.1, 0.15) is 65.7 Å². The van der Waals surface area contributed by atoms with E-state index in [1.165, 1.54) is 0 Å². The van der Waals surface area contributed by atoms with Crippen LogP contribution in [0.15, 0.2) is 12.2 Å². The summed E-state index contributed by atoms with van der Waals surface area (Å²) in [5, 5.41) is 21.4. The fourth-order valence-electron chi connectivity index (χ4n) is 7.77. The van der Waals surface area contributed by atoms with Gasteiger partial charge in [-0.15, -0.1) is 0 Å². The van der Waals surface area contributed by atoms with Crippen LogP contribution < -0.4 is 0 Å². The fourth-order valence-corrected chi connectivity index (χ4v) is 8.76. The molecule has 1 saturated heterocycles. The lowest BCUT2D eigenvalue weighted by molar-refractivity contribution is -0.287. The summed E-state index contributed by atoms with van der Waals surface area (Å²) >= 11 is 0. The van der Waals surface area contributed by atoms with Crippen molar-refractivity contribution in [3.63, 3.8) is 0 Å². The summed E-state index contributed by atoms with van der Waals surface area (Å²) in [5.41, 5.74) is 0.771. The number of esters is 1. The normalized spacial score (nSPS) is 39.4. The van der Waals surface area contributed by atoms with Crippen LogP contribution in [0.5, 0.6) is 0 Å². The monoisotopic (exact) mass is 684 g/mol. The van der Waals surface area contributed by atoms with E-state index in [0.29, 0.717) is 19.3 Å². The van der Waals surface area contributed by atoms with Crippen LogP contribution in [0.2, 0.25) is 0 Å². The second kappa shape index (κ2) is 14.2. The highest BCUT2D eigenvalue weighted by Crippen LogP contribution is 2.54. The zero-order chi connectivity index (χ0) is 33.4. The molecule has 0 aromatic rings. The van der Waals surface area contributed by atoms with Crippen molar-refractivity contribution in [2.75, 3.05) is 6.61 Å². The molecule has 17 heteroatoms. The Morgan fingerprint density at radius 2 is 1.56 bits per heavy atom. The molecule has 0 spiro atoms. The Bertz CT molecular complexity index is 1310. The van der Waals surface area contributed by atoms with Crippen molar-refractivity contribution < 1.29 is 68.3 Å². The molecule has 0 amide bonds. The third kappa shape index (κ3) is 9.01. The number of aliphatic hydroxyl groups excluding tert-OH is 1. The van der Waals surface area contributed by atoms with Gasteiger partial charge in [0.1, 0.15) is 6.10 Å². The molecule has 12 atom stereocenters. The number of carboxylic acids is 1. The summed E-state index contributed by atoms with van der Waals surface area (Å²) < 4.78 is 91.9. The smallest absolute Gasteiger partial charge is 0.397 e. The van der Waals surface area contributed by atoms with E-state index in [-0.39, 0.29) is 48.3 Å². The Morgan fingerprint density at radius 3 is 2.16 bits per heavy atom. The van der Waals surface area contributed by atoms with Gasteiger partial charge in [-0.3, -0.25) is 18.7 Å². The van der Waals surface area contributed by atoms with E-state index in [9.17, 15) is 45.7 Å². The summed E-state index contributed by atoms with van der Waals surface area (Å²) in [6, 6.07) is 0. The fraction of sp³-hybridized carbons (Fsp3) is 0.857. The average Bonchev–Trinajstić information content (AvgIpc) is 3.01. The third-order valence-corrected chi connectivity index (χ3v) is 10.7. The van der Waals surface area contributed by atoms with Crippen molar-refractivity contribution in [3.8, 4) is 0 Å². The van der Waals surface area contributed by atoms with Gasteiger partial charge in [0.05, 0.1) is 24.7 Å². The quantitative estimate of drug-likeness (QED) is 0.112. The van der Waals surface area contributed by atoms with E-state index >= 15 is 0 Å². The standard InChI is InChI=1S/C28H44O15S2/c1-13(2)9-23(29)41-26-25(43-45(36,37)38)22(42-44(33,34)35)12-39-28(26)40-16-10-20-17-6-5-14(3)15(4)24(30)19(17)8-7-18(20)21(11-16)27(31)32/h13-14,16-22,24-26,28,30H,4-12H2,1-3H3,(H,31,32)(H,33,34,35)(H,36,37,38)/t14?,16-,17+,18-,19?,20?,21?,22-,24?,25?,26-,28+/m0/s1. The molecule has 6 unspecified atom stereocenters. The van der Waals surface area contributed by atoms with Crippen LogP contribution in [0, 0.1) is 41.4 Å². The Hall–Kier alpha value is -1.70. The molecule has 4 aliphatic rings. The summed E-state index contributed by atoms with van der Waals surface area (Å²) in [7, 11) is -10.5. The summed E-state index contributed by atoms with van der Waals surface area (Å²) in [5.74, 6) is -3.20. The Morgan fingerprint density at radius 1 is 0.933 bits per heavy atom. The first-order chi connectivity index (χ1) is 20.8. The van der Waals surface area contributed by atoms with Crippen molar-refractivity contribution in [1.29, 1.82) is 0 Å². The minimum Gasteiger partial charge on any atom is -0.481 e. The molecule has 4 N–H and O–H groups in total. The second-order valence-corrected chi connectivity index (χ2v) is 15.3. The van der Waals surface area contributed by atoms with Crippen LogP contribution in [0.25, 0.3) is 0 Å². The SMILES string of the molecule is C=C1C(C)CC[C@@H]2C(CC[C@@H]3C(C(=O)O)C[C@@H](O[C@H]4OC[C@H](OS(=O)(=O)O)C(OS(=O)(=O)O)[C@@H]4OC(=O)CC(C)C)CC32)C1O.